The van der Waals surface area contributed by atoms with E-state index in [9.17, 15) is 9.18 Å². The first kappa shape index (κ1) is 17.2. The van der Waals surface area contributed by atoms with Crippen molar-refractivity contribution in [3.05, 3.63) is 106 Å². The Hall–Kier alpha value is -3.18. The molecular weight excluding hydrogens is 341 g/mol. The Morgan fingerprint density at radius 3 is 2.11 bits per heavy atom. The van der Waals surface area contributed by atoms with Crippen LogP contribution < -0.4 is 11.0 Å². The van der Waals surface area contributed by atoms with Gasteiger partial charge in [-0.3, -0.25) is 0 Å². The molecule has 0 aliphatic heterocycles. The molecule has 4 nitrogen and oxygen atoms in total. The Bertz CT molecular complexity index is 1050. The van der Waals surface area contributed by atoms with E-state index in [0.29, 0.717) is 23.1 Å². The fourth-order valence-electron chi connectivity index (χ4n) is 3.43. The molecule has 0 amide bonds. The molecule has 4 rings (SSSR count). The molecular formula is C22H20FN3O. The highest BCUT2D eigenvalue weighted by Gasteiger charge is 2.15. The van der Waals surface area contributed by atoms with Gasteiger partial charge >= 0.3 is 5.69 Å². The van der Waals surface area contributed by atoms with E-state index in [1.807, 2.05) is 36.4 Å². The molecule has 27 heavy (non-hydrogen) atoms. The second-order valence-corrected chi connectivity index (χ2v) is 6.53. The molecule has 0 saturated carbocycles. The van der Waals surface area contributed by atoms with Gasteiger partial charge in [-0.2, -0.15) is 0 Å². The minimum Gasteiger partial charge on any atom is -0.306 e. The predicted octanol–water partition coefficient (Wildman–Crippen LogP) is 4.20. The third kappa shape index (κ3) is 3.68. The van der Waals surface area contributed by atoms with Crippen molar-refractivity contribution in [2.24, 2.45) is 0 Å². The summed E-state index contributed by atoms with van der Waals surface area (Å²) in [5.41, 5.74) is 4.74. The van der Waals surface area contributed by atoms with Crippen LogP contribution in [0.15, 0.2) is 77.6 Å². The number of rotatable bonds is 6. The van der Waals surface area contributed by atoms with Gasteiger partial charge in [-0.05, 0) is 34.4 Å². The van der Waals surface area contributed by atoms with Crippen molar-refractivity contribution in [3.8, 4) is 0 Å². The molecule has 0 spiro atoms. The SMILES string of the molecule is O=c1[nH]c2cc(CF)cc(CNC(c3ccccc3)c3ccccc3)c2[nH]1. The standard InChI is InChI=1S/C22H20FN3O/c23-13-15-11-18(21-19(12-15)25-22(27)26-21)14-24-20(16-7-3-1-4-8-16)17-9-5-2-6-10-17/h1-12,20,24H,13-14H2,(H2,25,26,27). The van der Waals surface area contributed by atoms with Gasteiger partial charge < -0.3 is 15.3 Å². The largest absolute Gasteiger partial charge is 0.323 e. The average molecular weight is 361 g/mol. The molecule has 0 aliphatic rings. The Morgan fingerprint density at radius 2 is 1.52 bits per heavy atom. The topological polar surface area (TPSA) is 60.7 Å². The van der Waals surface area contributed by atoms with Crippen LogP contribution in [-0.2, 0) is 13.2 Å². The maximum Gasteiger partial charge on any atom is 0.323 e. The van der Waals surface area contributed by atoms with Gasteiger partial charge in [-0.25, -0.2) is 9.18 Å². The lowest BCUT2D eigenvalue weighted by Crippen LogP contribution is -2.22. The Balaban J connectivity index is 1.69. The van der Waals surface area contributed by atoms with E-state index in [2.05, 4.69) is 39.6 Å². The van der Waals surface area contributed by atoms with Crippen LogP contribution in [0.2, 0.25) is 0 Å². The molecule has 0 atom stereocenters. The van der Waals surface area contributed by atoms with Crippen molar-refractivity contribution >= 4 is 11.0 Å². The first-order valence-electron chi connectivity index (χ1n) is 8.87. The van der Waals surface area contributed by atoms with Crippen LogP contribution in [0.3, 0.4) is 0 Å². The molecule has 0 fully saturated rings. The quantitative estimate of drug-likeness (QED) is 0.482. The summed E-state index contributed by atoms with van der Waals surface area (Å²) in [4.78, 5) is 17.2. The van der Waals surface area contributed by atoms with E-state index in [4.69, 9.17) is 0 Å². The van der Waals surface area contributed by atoms with E-state index < -0.39 is 6.67 Å². The van der Waals surface area contributed by atoms with Crippen LogP contribution in [0, 0.1) is 0 Å². The molecule has 5 heteroatoms. The van der Waals surface area contributed by atoms with Crippen LogP contribution >= 0.6 is 0 Å². The summed E-state index contributed by atoms with van der Waals surface area (Å²) in [5, 5.41) is 3.56. The molecule has 0 aliphatic carbocycles. The van der Waals surface area contributed by atoms with Crippen LogP contribution in [0.5, 0.6) is 0 Å². The number of H-pyrrole nitrogens is 2. The van der Waals surface area contributed by atoms with E-state index in [1.54, 1.807) is 12.1 Å². The van der Waals surface area contributed by atoms with Crippen molar-refractivity contribution in [3.63, 3.8) is 0 Å². The number of hydrogen-bond acceptors (Lipinski definition) is 2. The second kappa shape index (κ2) is 7.60. The number of fused-ring (bicyclic) bond motifs is 1. The van der Waals surface area contributed by atoms with E-state index >= 15 is 0 Å². The minimum absolute atomic E-state index is 0.0119. The average Bonchev–Trinajstić information content (AvgIpc) is 3.10. The number of benzene rings is 3. The van der Waals surface area contributed by atoms with E-state index in [0.717, 1.165) is 16.7 Å². The summed E-state index contributed by atoms with van der Waals surface area (Å²) in [7, 11) is 0. The second-order valence-electron chi connectivity index (χ2n) is 6.53. The smallest absolute Gasteiger partial charge is 0.306 e. The minimum atomic E-state index is -0.572. The number of alkyl halides is 1. The summed E-state index contributed by atoms with van der Waals surface area (Å²) >= 11 is 0. The lowest BCUT2D eigenvalue weighted by Gasteiger charge is -2.20. The molecule has 3 aromatic carbocycles. The summed E-state index contributed by atoms with van der Waals surface area (Å²) in [5.74, 6) is 0. The Morgan fingerprint density at radius 1 is 0.889 bits per heavy atom. The zero-order chi connectivity index (χ0) is 18.6. The van der Waals surface area contributed by atoms with Gasteiger partial charge in [0.15, 0.2) is 0 Å². The monoisotopic (exact) mass is 361 g/mol. The lowest BCUT2D eigenvalue weighted by molar-refractivity contribution is 0.485. The molecule has 1 aromatic heterocycles. The van der Waals surface area contributed by atoms with Crippen LogP contribution in [0.25, 0.3) is 11.0 Å². The Labute approximate surface area is 156 Å². The fraction of sp³-hybridized carbons (Fsp3) is 0.136. The van der Waals surface area contributed by atoms with E-state index in [-0.39, 0.29) is 11.7 Å². The van der Waals surface area contributed by atoms with Crippen LogP contribution in [0.4, 0.5) is 4.39 Å². The zero-order valence-electron chi connectivity index (χ0n) is 14.7. The third-order valence-corrected chi connectivity index (χ3v) is 4.68. The maximum atomic E-state index is 13.2. The molecule has 3 N–H and O–H groups in total. The molecule has 0 unspecified atom stereocenters. The number of aromatic amines is 2. The van der Waals surface area contributed by atoms with Gasteiger partial charge in [0, 0.05) is 6.54 Å². The lowest BCUT2D eigenvalue weighted by atomic mass is 9.98. The summed E-state index contributed by atoms with van der Waals surface area (Å²) in [6.07, 6.45) is 0. The molecule has 1 heterocycles. The highest BCUT2D eigenvalue weighted by Crippen LogP contribution is 2.24. The van der Waals surface area contributed by atoms with Gasteiger partial charge in [0.05, 0.1) is 17.1 Å². The number of hydrogen-bond donors (Lipinski definition) is 3. The summed E-state index contributed by atoms with van der Waals surface area (Å²) in [6, 6.07) is 23.8. The summed E-state index contributed by atoms with van der Waals surface area (Å²) < 4.78 is 13.2. The van der Waals surface area contributed by atoms with Crippen molar-refractivity contribution in [2.75, 3.05) is 0 Å². The fourth-order valence-corrected chi connectivity index (χ4v) is 3.43. The van der Waals surface area contributed by atoms with Gasteiger partial charge in [-0.15, -0.1) is 0 Å². The van der Waals surface area contributed by atoms with Crippen LogP contribution in [0.1, 0.15) is 28.3 Å². The highest BCUT2D eigenvalue weighted by atomic mass is 19.1. The number of aromatic nitrogens is 2. The molecule has 136 valence electrons. The van der Waals surface area contributed by atoms with Gasteiger partial charge in [-0.1, -0.05) is 60.7 Å². The van der Waals surface area contributed by atoms with Crippen molar-refractivity contribution in [2.45, 2.75) is 19.3 Å². The maximum absolute atomic E-state index is 13.2. The van der Waals surface area contributed by atoms with Gasteiger partial charge in [0.1, 0.15) is 6.67 Å². The van der Waals surface area contributed by atoms with Crippen molar-refractivity contribution in [1.29, 1.82) is 0 Å². The predicted molar refractivity (Wildman–Crippen MR) is 105 cm³/mol. The van der Waals surface area contributed by atoms with Gasteiger partial charge in [0.25, 0.3) is 0 Å². The van der Waals surface area contributed by atoms with Crippen molar-refractivity contribution < 1.29 is 4.39 Å². The number of halogens is 1. The zero-order valence-corrected chi connectivity index (χ0v) is 14.7. The number of imidazole rings is 1. The highest BCUT2D eigenvalue weighted by molar-refractivity contribution is 5.79. The molecule has 0 radical (unpaired) electrons. The molecule has 0 saturated heterocycles. The Kier molecular flexibility index (Phi) is 4.85. The van der Waals surface area contributed by atoms with Crippen molar-refractivity contribution in [1.82, 2.24) is 15.3 Å². The van der Waals surface area contributed by atoms with Gasteiger partial charge in [0.2, 0.25) is 0 Å². The summed E-state index contributed by atoms with van der Waals surface area (Å²) in [6.45, 7) is -0.0798. The number of nitrogens with one attached hydrogen (secondary N) is 3. The van der Waals surface area contributed by atoms with E-state index in [1.165, 1.54) is 0 Å². The van der Waals surface area contributed by atoms with Crippen LogP contribution in [-0.4, -0.2) is 9.97 Å². The molecule has 0 bridgehead atoms. The first-order chi connectivity index (χ1) is 13.2. The third-order valence-electron chi connectivity index (χ3n) is 4.68. The molecule has 4 aromatic rings. The first-order valence-corrected chi connectivity index (χ1v) is 8.87. The normalized spacial score (nSPS) is 11.3.